The molecular weight excluding hydrogens is 524 g/mol. The highest BCUT2D eigenvalue weighted by Gasteiger charge is 2.34. The molecule has 3 aromatic carbocycles. The molecule has 1 fully saturated rings. The van der Waals surface area contributed by atoms with Gasteiger partial charge in [-0.25, -0.2) is 0 Å². The van der Waals surface area contributed by atoms with Gasteiger partial charge in [-0.3, -0.25) is 19.8 Å². The first-order valence-corrected chi connectivity index (χ1v) is 12.7. The Kier molecular flexibility index (Phi) is 7.11. The van der Waals surface area contributed by atoms with Crippen LogP contribution < -0.4 is 19.1 Å². The average Bonchev–Trinajstić information content (AvgIpc) is 2.84. The van der Waals surface area contributed by atoms with E-state index in [0.717, 1.165) is 5.56 Å². The van der Waals surface area contributed by atoms with Gasteiger partial charge in [0.25, 0.3) is 11.8 Å². The number of benzene rings is 3. The van der Waals surface area contributed by atoms with Crippen LogP contribution in [0.1, 0.15) is 11.1 Å². The van der Waals surface area contributed by atoms with Crippen LogP contribution >= 0.6 is 23.8 Å². The number of hydrogen-bond acceptors (Lipinski definition) is 7. The number of amides is 2. The van der Waals surface area contributed by atoms with E-state index in [1.54, 1.807) is 42.5 Å². The van der Waals surface area contributed by atoms with Gasteiger partial charge in [0.05, 0.1) is 17.8 Å². The van der Waals surface area contributed by atoms with E-state index in [0.29, 0.717) is 11.3 Å². The quantitative estimate of drug-likeness (QED) is 0.215. The molecule has 0 saturated carbocycles. The van der Waals surface area contributed by atoms with Gasteiger partial charge in [0, 0.05) is 0 Å². The summed E-state index contributed by atoms with van der Waals surface area (Å²) in [5, 5.41) is 2.35. The number of nitrogens with one attached hydrogen (secondary N) is 1. The molecule has 1 saturated heterocycles. The molecule has 8 nitrogen and oxygen atoms in total. The number of rotatable bonds is 6. The fourth-order valence-electron chi connectivity index (χ4n) is 3.40. The molecular formula is C25H19ClN2O6S2. The normalized spacial score (nSPS) is 15.1. The number of aryl methyl sites for hydroxylation is 1. The monoisotopic (exact) mass is 542 g/mol. The molecule has 3 aromatic rings. The summed E-state index contributed by atoms with van der Waals surface area (Å²) < 4.78 is 36.1. The lowest BCUT2D eigenvalue weighted by atomic mass is 10.1. The molecule has 4 rings (SSSR count). The summed E-state index contributed by atoms with van der Waals surface area (Å²) in [5.41, 5.74) is 1.47. The lowest BCUT2D eigenvalue weighted by molar-refractivity contribution is -0.122. The lowest BCUT2D eigenvalue weighted by Gasteiger charge is -2.28. The SMILES string of the molecule is COc1cc(/C=C2/C(=O)NC(=S)N(c3ccccc3)C2=O)cc(Cl)c1OS(=O)(=O)c1ccc(C)cc1. The fourth-order valence-corrected chi connectivity index (χ4v) is 4.94. The minimum absolute atomic E-state index is 0.0101. The van der Waals surface area contributed by atoms with E-state index in [1.807, 2.05) is 6.92 Å². The second kappa shape index (κ2) is 10.1. The summed E-state index contributed by atoms with van der Waals surface area (Å²) >= 11 is 11.5. The van der Waals surface area contributed by atoms with Crippen LogP contribution in [0.2, 0.25) is 5.02 Å². The Hall–Kier alpha value is -3.73. The molecule has 1 aliphatic heterocycles. The zero-order chi connectivity index (χ0) is 26.0. The maximum absolute atomic E-state index is 13.2. The maximum Gasteiger partial charge on any atom is 0.339 e. The van der Waals surface area contributed by atoms with Gasteiger partial charge in [0.15, 0.2) is 10.9 Å². The fraction of sp³-hybridized carbons (Fsp3) is 0.0800. The molecule has 0 atom stereocenters. The molecule has 11 heteroatoms. The van der Waals surface area contributed by atoms with E-state index in [2.05, 4.69) is 5.32 Å². The van der Waals surface area contributed by atoms with Crippen molar-refractivity contribution >= 4 is 62.6 Å². The van der Waals surface area contributed by atoms with E-state index in [4.69, 9.17) is 32.7 Å². The van der Waals surface area contributed by atoms with Crippen molar-refractivity contribution < 1.29 is 26.9 Å². The Morgan fingerprint density at radius 1 is 1.03 bits per heavy atom. The summed E-state index contributed by atoms with van der Waals surface area (Å²) in [4.78, 5) is 26.9. The van der Waals surface area contributed by atoms with Gasteiger partial charge in [-0.1, -0.05) is 47.5 Å². The molecule has 0 aromatic heterocycles. The molecule has 1 aliphatic rings. The highest BCUT2D eigenvalue weighted by molar-refractivity contribution is 7.87. The highest BCUT2D eigenvalue weighted by Crippen LogP contribution is 2.39. The van der Waals surface area contributed by atoms with Crippen LogP contribution in [-0.2, 0) is 19.7 Å². The number of carbonyl (C=O) groups is 2. The summed E-state index contributed by atoms with van der Waals surface area (Å²) in [6.07, 6.45) is 1.31. The maximum atomic E-state index is 13.2. The first-order chi connectivity index (χ1) is 17.1. The van der Waals surface area contributed by atoms with Crippen molar-refractivity contribution in [1.82, 2.24) is 5.32 Å². The molecule has 0 radical (unpaired) electrons. The number of methoxy groups -OCH3 is 1. The Morgan fingerprint density at radius 3 is 2.33 bits per heavy atom. The van der Waals surface area contributed by atoms with Crippen molar-refractivity contribution in [2.75, 3.05) is 12.0 Å². The standard InChI is InChI=1S/C25H19ClN2O6S2/c1-15-8-10-18(11-9-15)36(31,32)34-22-20(26)13-16(14-21(22)33-2)12-19-23(29)27-25(35)28(24(19)30)17-6-4-3-5-7-17/h3-14H,1-2H3,(H,27,29,35)/b19-12-. The van der Waals surface area contributed by atoms with Crippen molar-refractivity contribution in [3.8, 4) is 11.5 Å². The first-order valence-electron chi connectivity index (χ1n) is 10.5. The number of halogens is 1. The van der Waals surface area contributed by atoms with E-state index >= 15 is 0 Å². The summed E-state index contributed by atoms with van der Waals surface area (Å²) in [5.74, 6) is -1.56. The molecule has 36 heavy (non-hydrogen) atoms. The third-order valence-electron chi connectivity index (χ3n) is 5.18. The molecule has 2 amide bonds. The van der Waals surface area contributed by atoms with Crippen LogP contribution in [0.15, 0.2) is 77.2 Å². The number of nitrogens with zero attached hydrogens (tertiary/aromatic N) is 1. The molecule has 1 N–H and O–H groups in total. The van der Waals surface area contributed by atoms with Gasteiger partial charge in [-0.15, -0.1) is 0 Å². The largest absolute Gasteiger partial charge is 0.493 e. The van der Waals surface area contributed by atoms with Crippen LogP contribution in [0.25, 0.3) is 6.08 Å². The van der Waals surface area contributed by atoms with Gasteiger partial charge in [0.2, 0.25) is 5.75 Å². The zero-order valence-corrected chi connectivity index (χ0v) is 21.4. The Bertz CT molecular complexity index is 1500. The number of carbonyl (C=O) groups excluding carboxylic acids is 2. The van der Waals surface area contributed by atoms with E-state index in [-0.39, 0.29) is 32.1 Å². The van der Waals surface area contributed by atoms with Crippen LogP contribution in [0.4, 0.5) is 5.69 Å². The molecule has 0 spiro atoms. The lowest BCUT2D eigenvalue weighted by Crippen LogP contribution is -2.54. The molecule has 0 bridgehead atoms. The molecule has 0 aliphatic carbocycles. The van der Waals surface area contributed by atoms with Gasteiger partial charge < -0.3 is 8.92 Å². The summed E-state index contributed by atoms with van der Waals surface area (Å²) in [6, 6.07) is 17.5. The van der Waals surface area contributed by atoms with Crippen LogP contribution in [0.3, 0.4) is 0 Å². The molecule has 1 heterocycles. The number of para-hydroxylation sites is 1. The third-order valence-corrected chi connectivity index (χ3v) is 6.98. The van der Waals surface area contributed by atoms with Crippen LogP contribution in [0, 0.1) is 6.92 Å². The van der Waals surface area contributed by atoms with Gasteiger partial charge in [0.1, 0.15) is 10.5 Å². The average molecular weight is 543 g/mol. The van der Waals surface area contributed by atoms with Gasteiger partial charge in [-0.2, -0.15) is 8.42 Å². The van der Waals surface area contributed by atoms with Crippen molar-refractivity contribution in [1.29, 1.82) is 0 Å². The van der Waals surface area contributed by atoms with Gasteiger partial charge in [-0.05, 0) is 67.2 Å². The van der Waals surface area contributed by atoms with Crippen LogP contribution in [0.5, 0.6) is 11.5 Å². The minimum Gasteiger partial charge on any atom is -0.493 e. The van der Waals surface area contributed by atoms with Gasteiger partial charge >= 0.3 is 10.1 Å². The van der Waals surface area contributed by atoms with Crippen LogP contribution in [-0.4, -0.2) is 32.5 Å². The topological polar surface area (TPSA) is 102 Å². The van der Waals surface area contributed by atoms with E-state index in [1.165, 1.54) is 42.4 Å². The Morgan fingerprint density at radius 2 is 1.69 bits per heavy atom. The molecule has 184 valence electrons. The van der Waals surface area contributed by atoms with Crippen molar-refractivity contribution in [2.24, 2.45) is 0 Å². The van der Waals surface area contributed by atoms with Crippen molar-refractivity contribution in [3.05, 3.63) is 88.5 Å². The predicted molar refractivity (Wildman–Crippen MR) is 140 cm³/mol. The first kappa shape index (κ1) is 25.4. The number of anilines is 1. The second-order valence-corrected chi connectivity index (χ2v) is 10.0. The zero-order valence-electron chi connectivity index (χ0n) is 19.0. The Labute approximate surface area is 218 Å². The Balaban J connectivity index is 1.70. The number of ether oxygens (including phenoxy) is 1. The van der Waals surface area contributed by atoms with Crippen molar-refractivity contribution in [3.63, 3.8) is 0 Å². The summed E-state index contributed by atoms with van der Waals surface area (Å²) in [7, 11) is -2.90. The highest BCUT2D eigenvalue weighted by atomic mass is 35.5. The van der Waals surface area contributed by atoms with E-state index < -0.39 is 21.9 Å². The molecule has 0 unspecified atom stereocenters. The number of hydrogen-bond donors (Lipinski definition) is 1. The smallest absolute Gasteiger partial charge is 0.339 e. The predicted octanol–water partition coefficient (Wildman–Crippen LogP) is 4.26. The number of thiocarbonyl (C=S) groups is 1. The minimum atomic E-state index is -4.21. The second-order valence-electron chi connectivity index (χ2n) is 7.68. The van der Waals surface area contributed by atoms with E-state index in [9.17, 15) is 18.0 Å². The summed E-state index contributed by atoms with van der Waals surface area (Å²) in [6.45, 7) is 1.83. The van der Waals surface area contributed by atoms with Crippen molar-refractivity contribution in [2.45, 2.75) is 11.8 Å². The third kappa shape index (κ3) is 5.11.